The van der Waals surface area contributed by atoms with Crippen LogP contribution in [0.3, 0.4) is 0 Å². The van der Waals surface area contributed by atoms with Crippen LogP contribution in [0.4, 0.5) is 0 Å². The predicted octanol–water partition coefficient (Wildman–Crippen LogP) is 3.24. The van der Waals surface area contributed by atoms with Gasteiger partial charge >= 0.3 is 0 Å². The van der Waals surface area contributed by atoms with Gasteiger partial charge in [0.05, 0.1) is 18.6 Å². The number of hydrogen-bond donors (Lipinski definition) is 0. The molecule has 0 saturated carbocycles. The Morgan fingerprint density at radius 3 is 2.58 bits per heavy atom. The molecule has 0 saturated heterocycles. The largest absolute Gasteiger partial charge is 0.496 e. The molecule has 0 aliphatic rings. The van der Waals surface area contributed by atoms with Crippen molar-refractivity contribution in [1.29, 1.82) is 5.26 Å². The number of nitriles is 1. The van der Waals surface area contributed by atoms with E-state index >= 15 is 0 Å². The third-order valence-corrected chi connectivity index (χ3v) is 3.16. The van der Waals surface area contributed by atoms with E-state index in [4.69, 9.17) is 10.00 Å². The fourth-order valence-electron chi connectivity index (χ4n) is 2.23. The summed E-state index contributed by atoms with van der Waals surface area (Å²) in [5.74, 6) is 0.916. The molecule has 0 spiro atoms. The fourth-order valence-corrected chi connectivity index (χ4v) is 2.23. The second-order valence-corrected chi connectivity index (χ2v) is 5.67. The van der Waals surface area contributed by atoms with Crippen molar-refractivity contribution in [3.8, 4) is 11.8 Å². The molecule has 0 fully saturated rings. The lowest BCUT2D eigenvalue weighted by Gasteiger charge is -2.25. The number of benzene rings is 1. The quantitative estimate of drug-likeness (QED) is 0.788. The van der Waals surface area contributed by atoms with E-state index in [9.17, 15) is 0 Å². The van der Waals surface area contributed by atoms with Crippen LogP contribution in [0.25, 0.3) is 0 Å². The van der Waals surface area contributed by atoms with Crippen LogP contribution in [-0.2, 0) is 13.0 Å². The van der Waals surface area contributed by atoms with E-state index in [0.29, 0.717) is 0 Å². The third-order valence-electron chi connectivity index (χ3n) is 3.16. The maximum atomic E-state index is 9.09. The molecule has 0 atom stereocenters. The van der Waals surface area contributed by atoms with Gasteiger partial charge in [-0.1, -0.05) is 19.1 Å². The van der Waals surface area contributed by atoms with E-state index in [1.807, 2.05) is 27.0 Å². The number of hydrogen-bond acceptors (Lipinski definition) is 3. The summed E-state index contributed by atoms with van der Waals surface area (Å²) in [5, 5.41) is 9.09. The van der Waals surface area contributed by atoms with Crippen LogP contribution in [-0.4, -0.2) is 25.6 Å². The Morgan fingerprint density at radius 2 is 2.05 bits per heavy atom. The van der Waals surface area contributed by atoms with E-state index in [-0.39, 0.29) is 5.41 Å². The van der Waals surface area contributed by atoms with E-state index in [0.717, 1.165) is 25.3 Å². The first-order valence-corrected chi connectivity index (χ1v) is 6.67. The minimum atomic E-state index is -0.329. The Bertz CT molecular complexity index is 460. The molecule has 0 aromatic heterocycles. The van der Waals surface area contributed by atoms with Crippen molar-refractivity contribution in [2.75, 3.05) is 20.7 Å². The van der Waals surface area contributed by atoms with Crippen molar-refractivity contribution < 1.29 is 4.74 Å². The normalized spacial score (nSPS) is 11.4. The Balaban J connectivity index is 2.83. The van der Waals surface area contributed by atoms with Crippen LogP contribution in [0, 0.1) is 16.7 Å². The van der Waals surface area contributed by atoms with Crippen molar-refractivity contribution in [2.24, 2.45) is 5.41 Å². The molecule has 0 aliphatic heterocycles. The molecule has 0 unspecified atom stereocenters. The Kier molecular flexibility index (Phi) is 5.38. The molecule has 1 rings (SSSR count). The molecule has 1 aromatic carbocycles. The summed E-state index contributed by atoms with van der Waals surface area (Å²) in [5.41, 5.74) is 2.16. The zero-order valence-corrected chi connectivity index (χ0v) is 12.7. The van der Waals surface area contributed by atoms with Crippen molar-refractivity contribution >= 4 is 0 Å². The average Bonchev–Trinajstić information content (AvgIpc) is 2.37. The van der Waals surface area contributed by atoms with Crippen molar-refractivity contribution in [1.82, 2.24) is 4.90 Å². The summed E-state index contributed by atoms with van der Waals surface area (Å²) in [7, 11) is 3.74. The molecular formula is C16H24N2O. The van der Waals surface area contributed by atoms with Crippen molar-refractivity contribution in [3.05, 3.63) is 29.3 Å². The summed E-state index contributed by atoms with van der Waals surface area (Å²) in [6.45, 7) is 7.60. The summed E-state index contributed by atoms with van der Waals surface area (Å²) >= 11 is 0. The molecule has 0 aliphatic carbocycles. The zero-order chi connectivity index (χ0) is 14.5. The highest BCUT2D eigenvalue weighted by atomic mass is 16.5. The maximum Gasteiger partial charge on any atom is 0.123 e. The van der Waals surface area contributed by atoms with Gasteiger partial charge in [-0.3, -0.25) is 0 Å². The van der Waals surface area contributed by atoms with Crippen molar-refractivity contribution in [3.63, 3.8) is 0 Å². The molecule has 3 nitrogen and oxygen atoms in total. The molecule has 1 aromatic rings. The van der Waals surface area contributed by atoms with Gasteiger partial charge in [0.2, 0.25) is 0 Å². The lowest BCUT2D eigenvalue weighted by molar-refractivity contribution is 0.245. The number of ether oxygens (including phenoxy) is 1. The first-order valence-electron chi connectivity index (χ1n) is 6.67. The van der Waals surface area contributed by atoms with Gasteiger partial charge in [-0.2, -0.15) is 5.26 Å². The van der Waals surface area contributed by atoms with Gasteiger partial charge in [-0.25, -0.2) is 0 Å². The zero-order valence-electron chi connectivity index (χ0n) is 12.7. The van der Waals surface area contributed by atoms with Crippen LogP contribution >= 0.6 is 0 Å². The molecule has 104 valence electrons. The highest BCUT2D eigenvalue weighted by molar-refractivity contribution is 5.37. The minimum Gasteiger partial charge on any atom is -0.496 e. The molecule has 0 radical (unpaired) electrons. The second kappa shape index (κ2) is 6.58. The Morgan fingerprint density at radius 1 is 1.37 bits per heavy atom. The van der Waals surface area contributed by atoms with Crippen molar-refractivity contribution in [2.45, 2.75) is 33.7 Å². The average molecular weight is 260 g/mol. The lowest BCUT2D eigenvalue weighted by Crippen LogP contribution is -2.30. The van der Waals surface area contributed by atoms with E-state index in [1.165, 1.54) is 11.1 Å². The number of nitrogens with zero attached hydrogens (tertiary/aromatic N) is 2. The molecular weight excluding hydrogens is 236 g/mol. The summed E-state index contributed by atoms with van der Waals surface area (Å²) in [6.07, 6.45) is 1.02. The summed E-state index contributed by atoms with van der Waals surface area (Å²) < 4.78 is 5.41. The van der Waals surface area contributed by atoms with Crippen LogP contribution in [0.5, 0.6) is 5.75 Å². The van der Waals surface area contributed by atoms with Crippen LogP contribution in [0.1, 0.15) is 31.9 Å². The Labute approximate surface area is 116 Å². The SMILES string of the molecule is CCc1ccc(OC)c(CN(C)CC(C)(C)C#N)c1. The molecule has 19 heavy (non-hydrogen) atoms. The van der Waals surface area contributed by atoms with Crippen LogP contribution in [0.15, 0.2) is 18.2 Å². The second-order valence-electron chi connectivity index (χ2n) is 5.67. The monoisotopic (exact) mass is 260 g/mol. The summed E-state index contributed by atoms with van der Waals surface area (Å²) in [6, 6.07) is 8.65. The lowest BCUT2D eigenvalue weighted by atomic mass is 9.95. The first kappa shape index (κ1) is 15.5. The molecule has 0 bridgehead atoms. The molecule has 0 amide bonds. The fraction of sp³-hybridized carbons (Fsp3) is 0.562. The third kappa shape index (κ3) is 4.57. The maximum absolute atomic E-state index is 9.09. The van der Waals surface area contributed by atoms with Gasteiger partial charge in [0.15, 0.2) is 0 Å². The van der Waals surface area contributed by atoms with Gasteiger partial charge in [-0.05, 0) is 38.9 Å². The highest BCUT2D eigenvalue weighted by Crippen LogP contribution is 2.23. The first-order chi connectivity index (χ1) is 8.91. The minimum absolute atomic E-state index is 0.329. The molecule has 0 N–H and O–H groups in total. The molecule has 0 heterocycles. The topological polar surface area (TPSA) is 36.3 Å². The van der Waals surface area contributed by atoms with Crippen LogP contribution < -0.4 is 4.74 Å². The predicted molar refractivity (Wildman–Crippen MR) is 78.1 cm³/mol. The van der Waals surface area contributed by atoms with Gasteiger partial charge in [0.1, 0.15) is 5.75 Å². The van der Waals surface area contributed by atoms with Gasteiger partial charge in [0, 0.05) is 18.7 Å². The van der Waals surface area contributed by atoms with E-state index in [2.05, 4.69) is 30.0 Å². The van der Waals surface area contributed by atoms with Gasteiger partial charge in [0.25, 0.3) is 0 Å². The summed E-state index contributed by atoms with van der Waals surface area (Å²) in [4.78, 5) is 2.17. The van der Waals surface area contributed by atoms with Gasteiger partial charge in [-0.15, -0.1) is 0 Å². The number of aryl methyl sites for hydroxylation is 1. The standard InChI is InChI=1S/C16H24N2O/c1-6-13-7-8-15(19-5)14(9-13)10-18(4)12-16(2,3)11-17/h7-9H,6,10,12H2,1-5H3. The number of rotatable bonds is 6. The Hall–Kier alpha value is -1.53. The van der Waals surface area contributed by atoms with E-state index in [1.54, 1.807) is 7.11 Å². The van der Waals surface area contributed by atoms with E-state index < -0.39 is 0 Å². The van der Waals surface area contributed by atoms with Gasteiger partial charge < -0.3 is 9.64 Å². The molecule has 3 heteroatoms. The highest BCUT2D eigenvalue weighted by Gasteiger charge is 2.19. The smallest absolute Gasteiger partial charge is 0.123 e. The number of methoxy groups -OCH3 is 1. The van der Waals surface area contributed by atoms with Crippen LogP contribution in [0.2, 0.25) is 0 Å².